The van der Waals surface area contributed by atoms with Crippen molar-refractivity contribution < 1.29 is 5.11 Å². The van der Waals surface area contributed by atoms with Gasteiger partial charge in [-0.15, -0.1) is 11.3 Å². The monoisotopic (exact) mass is 239 g/mol. The second-order valence-corrected chi connectivity index (χ2v) is 5.59. The Balaban J connectivity index is 1.98. The number of aliphatic hydroxyl groups excluding tert-OH is 1. The van der Waals surface area contributed by atoms with E-state index in [0.29, 0.717) is 6.04 Å². The van der Waals surface area contributed by atoms with Crippen molar-refractivity contribution in [2.75, 3.05) is 6.54 Å². The second kappa shape index (κ2) is 5.80. The topological polar surface area (TPSA) is 23.5 Å². The molecule has 0 unspecified atom stereocenters. The first-order chi connectivity index (χ1) is 7.81. The van der Waals surface area contributed by atoms with Crippen molar-refractivity contribution in [2.45, 2.75) is 51.3 Å². The van der Waals surface area contributed by atoms with E-state index in [4.69, 9.17) is 0 Å². The van der Waals surface area contributed by atoms with Gasteiger partial charge in [-0.1, -0.05) is 25.8 Å². The summed E-state index contributed by atoms with van der Waals surface area (Å²) in [5.74, 6) is 0. The summed E-state index contributed by atoms with van der Waals surface area (Å²) >= 11 is 1.81. The minimum atomic E-state index is -0.117. The fourth-order valence-electron chi connectivity index (χ4n) is 2.58. The Labute approximate surface area is 102 Å². The molecule has 0 radical (unpaired) electrons. The van der Waals surface area contributed by atoms with Crippen molar-refractivity contribution >= 4 is 11.3 Å². The molecule has 1 aromatic heterocycles. The van der Waals surface area contributed by atoms with Gasteiger partial charge in [0.15, 0.2) is 0 Å². The molecule has 0 spiro atoms. The Kier molecular flexibility index (Phi) is 4.38. The van der Waals surface area contributed by atoms with Crippen LogP contribution in [0.5, 0.6) is 0 Å². The van der Waals surface area contributed by atoms with Crippen LogP contribution < -0.4 is 0 Å². The fourth-order valence-corrected chi connectivity index (χ4v) is 3.31. The SMILES string of the molecule is CCN(Cc1cccs1)[C@H]1CCCC[C@@H]1O. The molecule has 16 heavy (non-hydrogen) atoms. The number of hydrogen-bond acceptors (Lipinski definition) is 3. The van der Waals surface area contributed by atoms with Crippen molar-refractivity contribution in [2.24, 2.45) is 0 Å². The van der Waals surface area contributed by atoms with Gasteiger partial charge in [0.25, 0.3) is 0 Å². The van der Waals surface area contributed by atoms with Crippen LogP contribution in [0.4, 0.5) is 0 Å². The van der Waals surface area contributed by atoms with Gasteiger partial charge < -0.3 is 5.11 Å². The average Bonchev–Trinajstić information content (AvgIpc) is 2.80. The molecule has 1 aliphatic carbocycles. The van der Waals surface area contributed by atoms with Crippen molar-refractivity contribution in [3.63, 3.8) is 0 Å². The van der Waals surface area contributed by atoms with E-state index in [2.05, 4.69) is 29.3 Å². The maximum absolute atomic E-state index is 10.1. The number of thiophene rings is 1. The second-order valence-electron chi connectivity index (χ2n) is 4.56. The standard InChI is InChI=1S/C13H21NOS/c1-2-14(10-11-6-5-9-16-11)12-7-3-4-8-13(12)15/h5-6,9,12-13,15H,2-4,7-8,10H2,1H3/t12-,13-/m0/s1. The summed E-state index contributed by atoms with van der Waals surface area (Å²) in [7, 11) is 0. The van der Waals surface area contributed by atoms with Gasteiger partial charge in [0, 0.05) is 17.5 Å². The van der Waals surface area contributed by atoms with Gasteiger partial charge in [0.1, 0.15) is 0 Å². The van der Waals surface area contributed by atoms with Gasteiger partial charge in [-0.2, -0.15) is 0 Å². The first-order valence-corrected chi connectivity index (χ1v) is 7.13. The zero-order chi connectivity index (χ0) is 11.4. The van der Waals surface area contributed by atoms with E-state index in [1.165, 1.54) is 17.7 Å². The van der Waals surface area contributed by atoms with E-state index in [0.717, 1.165) is 25.9 Å². The Morgan fingerprint density at radius 2 is 2.25 bits per heavy atom. The highest BCUT2D eigenvalue weighted by atomic mass is 32.1. The maximum Gasteiger partial charge on any atom is 0.0695 e. The minimum absolute atomic E-state index is 0.117. The summed E-state index contributed by atoms with van der Waals surface area (Å²) in [6.45, 7) is 4.21. The average molecular weight is 239 g/mol. The Hall–Kier alpha value is -0.380. The third kappa shape index (κ3) is 2.84. The molecule has 3 heteroatoms. The molecule has 1 aliphatic rings. The van der Waals surface area contributed by atoms with Crippen LogP contribution in [0, 0.1) is 0 Å². The van der Waals surface area contributed by atoms with Gasteiger partial charge >= 0.3 is 0 Å². The molecule has 1 aromatic rings. The fraction of sp³-hybridized carbons (Fsp3) is 0.692. The third-order valence-corrected chi connectivity index (χ3v) is 4.37. The van der Waals surface area contributed by atoms with E-state index in [-0.39, 0.29) is 6.10 Å². The highest BCUT2D eigenvalue weighted by Crippen LogP contribution is 2.25. The number of hydrogen-bond donors (Lipinski definition) is 1. The lowest BCUT2D eigenvalue weighted by Gasteiger charge is -2.36. The van der Waals surface area contributed by atoms with E-state index in [1.54, 1.807) is 0 Å². The summed E-state index contributed by atoms with van der Waals surface area (Å²) in [5.41, 5.74) is 0. The number of nitrogens with zero attached hydrogens (tertiary/aromatic N) is 1. The summed E-state index contributed by atoms with van der Waals surface area (Å²) < 4.78 is 0. The summed E-state index contributed by atoms with van der Waals surface area (Å²) in [6.07, 6.45) is 4.47. The van der Waals surface area contributed by atoms with Crippen molar-refractivity contribution in [1.29, 1.82) is 0 Å². The highest BCUT2D eigenvalue weighted by Gasteiger charge is 2.27. The third-order valence-electron chi connectivity index (χ3n) is 3.51. The lowest BCUT2D eigenvalue weighted by Crippen LogP contribution is -2.44. The van der Waals surface area contributed by atoms with E-state index < -0.39 is 0 Å². The molecule has 0 saturated heterocycles. The molecule has 0 amide bonds. The normalized spacial score (nSPS) is 26.2. The predicted octanol–water partition coefficient (Wildman–Crippen LogP) is 2.87. The highest BCUT2D eigenvalue weighted by molar-refractivity contribution is 7.09. The van der Waals surface area contributed by atoms with Crippen LogP contribution in [0.1, 0.15) is 37.5 Å². The van der Waals surface area contributed by atoms with Crippen molar-refractivity contribution in [1.82, 2.24) is 4.90 Å². The molecule has 0 aromatic carbocycles. The summed E-state index contributed by atoms with van der Waals surface area (Å²) in [5, 5.41) is 12.2. The van der Waals surface area contributed by atoms with Gasteiger partial charge in [-0.3, -0.25) is 4.90 Å². The molecule has 2 atom stereocenters. The largest absolute Gasteiger partial charge is 0.391 e. The number of likely N-dealkylation sites (N-methyl/N-ethyl adjacent to an activating group) is 1. The lowest BCUT2D eigenvalue weighted by atomic mass is 9.91. The van der Waals surface area contributed by atoms with Gasteiger partial charge in [-0.25, -0.2) is 0 Å². The maximum atomic E-state index is 10.1. The van der Waals surface area contributed by atoms with Crippen LogP contribution in [0.15, 0.2) is 17.5 Å². The van der Waals surface area contributed by atoms with E-state index >= 15 is 0 Å². The van der Waals surface area contributed by atoms with Crippen LogP contribution in [0.25, 0.3) is 0 Å². The molecule has 90 valence electrons. The van der Waals surface area contributed by atoms with Crippen LogP contribution in [-0.2, 0) is 6.54 Å². The van der Waals surface area contributed by atoms with Crippen LogP contribution >= 0.6 is 11.3 Å². The van der Waals surface area contributed by atoms with E-state index in [9.17, 15) is 5.11 Å². The molecule has 2 rings (SSSR count). The van der Waals surface area contributed by atoms with Gasteiger partial charge in [-0.05, 0) is 30.8 Å². The Morgan fingerprint density at radius 3 is 2.88 bits per heavy atom. The molecule has 0 bridgehead atoms. The predicted molar refractivity (Wildman–Crippen MR) is 68.7 cm³/mol. The van der Waals surface area contributed by atoms with Crippen molar-refractivity contribution in [3.8, 4) is 0 Å². The van der Waals surface area contributed by atoms with Gasteiger partial charge in [0.05, 0.1) is 6.10 Å². The van der Waals surface area contributed by atoms with Crippen LogP contribution in [0.3, 0.4) is 0 Å². The molecule has 1 saturated carbocycles. The van der Waals surface area contributed by atoms with Crippen LogP contribution in [0.2, 0.25) is 0 Å². The molecule has 0 aliphatic heterocycles. The molecule has 1 heterocycles. The Bertz CT molecular complexity index is 299. The smallest absolute Gasteiger partial charge is 0.0695 e. The first-order valence-electron chi connectivity index (χ1n) is 6.25. The first kappa shape index (κ1) is 12.1. The number of rotatable bonds is 4. The molecule has 1 fully saturated rings. The van der Waals surface area contributed by atoms with Gasteiger partial charge in [0.2, 0.25) is 0 Å². The molecular formula is C13H21NOS. The zero-order valence-electron chi connectivity index (χ0n) is 9.93. The molecule has 1 N–H and O–H groups in total. The number of aliphatic hydroxyl groups is 1. The lowest BCUT2D eigenvalue weighted by molar-refractivity contribution is 0.0187. The van der Waals surface area contributed by atoms with Crippen molar-refractivity contribution in [3.05, 3.63) is 22.4 Å². The zero-order valence-corrected chi connectivity index (χ0v) is 10.7. The quantitative estimate of drug-likeness (QED) is 0.873. The summed E-state index contributed by atoms with van der Waals surface area (Å²) in [6, 6.07) is 4.66. The Morgan fingerprint density at radius 1 is 1.44 bits per heavy atom. The minimum Gasteiger partial charge on any atom is -0.391 e. The molecule has 2 nitrogen and oxygen atoms in total. The van der Waals surface area contributed by atoms with Crippen LogP contribution in [-0.4, -0.2) is 28.7 Å². The summed E-state index contributed by atoms with van der Waals surface area (Å²) in [4.78, 5) is 3.83. The van der Waals surface area contributed by atoms with E-state index in [1.807, 2.05) is 11.3 Å². The molecular weight excluding hydrogens is 218 g/mol.